The lowest BCUT2D eigenvalue weighted by molar-refractivity contribution is 0.224. The molecule has 3 atom stereocenters. The van der Waals surface area contributed by atoms with Gasteiger partial charge in [-0.3, -0.25) is 13.6 Å². The Labute approximate surface area is 357 Å². The number of nitrogens with one attached hydrogen (secondary N) is 2. The molecule has 0 fully saturated rings. The number of benzene rings is 6. The smallest absolute Gasteiger partial charge is 0.423 e. The second-order valence-electron chi connectivity index (χ2n) is 15.9. The first kappa shape index (κ1) is 43.7. The topological polar surface area (TPSA) is 91.8 Å². The molecule has 0 saturated carbocycles. The van der Waals surface area contributed by atoms with Crippen LogP contribution in [0, 0.1) is 17.8 Å². The van der Waals surface area contributed by atoms with E-state index in [1.165, 1.54) is 0 Å². The van der Waals surface area contributed by atoms with E-state index in [0.717, 1.165) is 33.4 Å². The lowest BCUT2D eigenvalue weighted by atomic mass is 10.1. The lowest BCUT2D eigenvalue weighted by Gasteiger charge is -2.35. The van der Waals surface area contributed by atoms with Crippen LogP contribution in [0.3, 0.4) is 0 Å². The molecule has 3 unspecified atom stereocenters. The molecule has 6 aromatic carbocycles. The Bertz CT molecular complexity index is 2300. The van der Waals surface area contributed by atoms with Gasteiger partial charge in [0.1, 0.15) is 19.0 Å². The van der Waals surface area contributed by atoms with Crippen LogP contribution in [-0.4, -0.2) is 19.8 Å². The molecule has 12 heteroatoms. The fraction of sp³-hybridized carbons (Fsp3) is 0.250. The van der Waals surface area contributed by atoms with Gasteiger partial charge in [-0.05, 0) is 92.4 Å². The Morgan fingerprint density at radius 1 is 0.450 bits per heavy atom. The van der Waals surface area contributed by atoms with Gasteiger partial charge in [-0.2, -0.15) is 9.05 Å². The highest BCUT2D eigenvalue weighted by atomic mass is 31.3. The lowest BCUT2D eigenvalue weighted by Crippen LogP contribution is -2.39. The number of nitrogens with zero attached hydrogens (tertiary/aromatic N) is 1. The molecule has 6 aromatic rings. The summed E-state index contributed by atoms with van der Waals surface area (Å²) >= 11 is 0. The van der Waals surface area contributed by atoms with Gasteiger partial charge in [0, 0.05) is 4.52 Å². The average molecular weight is 864 g/mol. The van der Waals surface area contributed by atoms with Gasteiger partial charge in [0.25, 0.3) is 0 Å². The van der Waals surface area contributed by atoms with Crippen molar-refractivity contribution in [3.8, 4) is 50.6 Å². The van der Waals surface area contributed by atoms with Crippen LogP contribution < -0.4 is 23.3 Å². The summed E-state index contributed by atoms with van der Waals surface area (Å²) in [6, 6.07) is 54.7. The summed E-state index contributed by atoms with van der Waals surface area (Å²) in [5.74, 6) is 2.15. The molecule has 1 aliphatic rings. The second-order valence-corrected chi connectivity index (χ2v) is 22.7. The summed E-state index contributed by atoms with van der Waals surface area (Å²) in [5, 5.41) is 0. The molecule has 0 saturated heterocycles. The van der Waals surface area contributed by atoms with E-state index in [1.807, 2.05) is 127 Å². The number of hydrogen-bond acceptors (Lipinski definition) is 9. The van der Waals surface area contributed by atoms with Crippen molar-refractivity contribution in [3.63, 3.8) is 0 Å². The maximum atomic E-state index is 7.08. The van der Waals surface area contributed by atoms with Crippen LogP contribution in [0.15, 0.2) is 168 Å². The van der Waals surface area contributed by atoms with E-state index in [4.69, 9.17) is 31.7 Å². The molecule has 1 aliphatic heterocycles. The number of hydrogen-bond donors (Lipinski definition) is 2. The first-order chi connectivity index (χ1) is 29.0. The summed E-state index contributed by atoms with van der Waals surface area (Å²) in [4.78, 5) is 7.33. The molecule has 7 rings (SSSR count). The molecule has 9 nitrogen and oxygen atoms in total. The van der Waals surface area contributed by atoms with Gasteiger partial charge >= 0.3 is 23.7 Å². The zero-order chi connectivity index (χ0) is 42.0. The predicted octanol–water partition coefficient (Wildman–Crippen LogP) is 14.7. The summed E-state index contributed by atoms with van der Waals surface area (Å²) in [6.07, 6.45) is 0. The van der Waals surface area contributed by atoms with Gasteiger partial charge < -0.3 is 4.52 Å². The highest BCUT2D eigenvalue weighted by molar-refractivity contribution is 7.88. The molecule has 0 amide bonds. The van der Waals surface area contributed by atoms with Gasteiger partial charge in [0.2, 0.25) is 0 Å². The maximum Gasteiger partial charge on any atom is 0.571 e. The van der Waals surface area contributed by atoms with E-state index in [-0.39, 0.29) is 17.8 Å². The van der Waals surface area contributed by atoms with Gasteiger partial charge in [-0.15, -0.1) is 0 Å². The molecule has 2 N–H and O–H groups in total. The van der Waals surface area contributed by atoms with Gasteiger partial charge in [-0.1, -0.05) is 169 Å². The van der Waals surface area contributed by atoms with E-state index in [1.54, 1.807) is 0 Å². The largest absolute Gasteiger partial charge is 0.571 e. The van der Waals surface area contributed by atoms with E-state index in [2.05, 4.69) is 87.7 Å². The van der Waals surface area contributed by atoms with Crippen molar-refractivity contribution < 1.29 is 27.1 Å². The van der Waals surface area contributed by atoms with Gasteiger partial charge in [0.05, 0.1) is 11.5 Å². The molecule has 0 bridgehead atoms. The minimum atomic E-state index is -3.59. The maximum absolute atomic E-state index is 7.08. The van der Waals surface area contributed by atoms with Crippen molar-refractivity contribution >= 4 is 23.7 Å². The Hall–Kier alpha value is -4.39. The van der Waals surface area contributed by atoms with Crippen molar-refractivity contribution in [2.45, 2.75) is 41.5 Å². The Morgan fingerprint density at radius 2 is 0.833 bits per heavy atom. The minimum Gasteiger partial charge on any atom is -0.423 e. The SMILES string of the molecule is CC(C)COP1(Oc2ccc(-c3ccccc3)cc2)=N[P+](OCC(C)C)(Oc2ccc(-c3ccccc3)cc2)N[P+](OCC(C)C)(Oc2ccc(-c3ccccc3)cc2)N1. The van der Waals surface area contributed by atoms with Crippen LogP contribution in [-0.2, 0) is 13.6 Å². The quantitative estimate of drug-likeness (QED) is 0.0826. The summed E-state index contributed by atoms with van der Waals surface area (Å²) in [6.45, 7) is 13.6. The monoisotopic (exact) mass is 863 g/mol. The van der Waals surface area contributed by atoms with Crippen LogP contribution >= 0.6 is 23.7 Å². The standard InChI is InChI=1S/C48H56N3O6P3/c1-37(2)34-52-58(55-46-28-22-43(23-29-46)40-16-10-7-11-17-40)49-59(53-35-38(3)4,56-47-30-24-44(25-31-47)41-18-12-8-13-19-41)51-60(50-58,54-36-39(5)6)57-48-32-26-45(27-33-48)42-20-14-9-15-21-42/h7-33,37-39,49-50H,34-36H2,1-6H3/q+2. The molecule has 0 radical (unpaired) electrons. The van der Waals surface area contributed by atoms with Crippen LogP contribution in [0.2, 0.25) is 0 Å². The normalized spacial score (nSPS) is 20.2. The molecule has 0 aromatic heterocycles. The molecular weight excluding hydrogens is 807 g/mol. The highest BCUT2D eigenvalue weighted by Gasteiger charge is 2.72. The summed E-state index contributed by atoms with van der Waals surface area (Å²) in [5.41, 5.74) is 6.49. The molecule has 60 heavy (non-hydrogen) atoms. The molecular formula is C48H56N3O6P3+2. The van der Waals surface area contributed by atoms with E-state index < -0.39 is 23.7 Å². The van der Waals surface area contributed by atoms with Gasteiger partial charge in [-0.25, -0.2) is 0 Å². The fourth-order valence-electron chi connectivity index (χ4n) is 6.12. The van der Waals surface area contributed by atoms with Crippen LogP contribution in [0.4, 0.5) is 0 Å². The zero-order valence-electron chi connectivity index (χ0n) is 35.2. The third-order valence-corrected chi connectivity index (χ3v) is 18.0. The predicted molar refractivity (Wildman–Crippen MR) is 249 cm³/mol. The first-order valence-corrected chi connectivity index (χ1v) is 25.3. The highest BCUT2D eigenvalue weighted by Crippen LogP contribution is 2.81. The van der Waals surface area contributed by atoms with E-state index in [9.17, 15) is 0 Å². The Balaban J connectivity index is 1.36. The van der Waals surface area contributed by atoms with Crippen molar-refractivity contribution in [2.75, 3.05) is 19.8 Å². The van der Waals surface area contributed by atoms with Crippen molar-refractivity contribution in [3.05, 3.63) is 164 Å². The van der Waals surface area contributed by atoms with Crippen molar-refractivity contribution in [1.82, 2.24) is 9.72 Å². The first-order valence-electron chi connectivity index (χ1n) is 20.5. The van der Waals surface area contributed by atoms with Crippen LogP contribution in [0.25, 0.3) is 33.4 Å². The Kier molecular flexibility index (Phi) is 14.6. The van der Waals surface area contributed by atoms with Crippen molar-refractivity contribution in [1.29, 1.82) is 0 Å². The molecule has 0 aliphatic carbocycles. The third-order valence-electron chi connectivity index (χ3n) is 9.08. The number of rotatable bonds is 18. The molecule has 312 valence electrons. The average Bonchev–Trinajstić information content (AvgIpc) is 3.26. The zero-order valence-corrected chi connectivity index (χ0v) is 37.9. The van der Waals surface area contributed by atoms with Crippen LogP contribution in [0.1, 0.15) is 41.5 Å². The third kappa shape index (κ3) is 11.7. The minimum absolute atomic E-state index is 0.143. The van der Waals surface area contributed by atoms with Gasteiger partial charge in [0.15, 0.2) is 11.5 Å². The molecule has 0 spiro atoms. The summed E-state index contributed by atoms with van der Waals surface area (Å²) < 4.78 is 47.4. The molecule has 1 heterocycles. The van der Waals surface area contributed by atoms with Crippen molar-refractivity contribution in [2.24, 2.45) is 22.3 Å². The fourth-order valence-corrected chi connectivity index (χ4v) is 16.8. The Morgan fingerprint density at radius 3 is 1.27 bits per heavy atom. The van der Waals surface area contributed by atoms with Crippen LogP contribution in [0.5, 0.6) is 17.2 Å². The second kappa shape index (κ2) is 20.0. The van der Waals surface area contributed by atoms with E-state index >= 15 is 0 Å². The van der Waals surface area contributed by atoms with E-state index in [0.29, 0.717) is 37.1 Å². The summed E-state index contributed by atoms with van der Waals surface area (Å²) in [7, 11) is -10.7.